The summed E-state index contributed by atoms with van der Waals surface area (Å²) in [4.78, 5) is 0. The number of hydrogen-bond acceptors (Lipinski definition) is 2. The van der Waals surface area contributed by atoms with E-state index in [0.717, 1.165) is 31.2 Å². The molecule has 0 fully saturated rings. The van der Waals surface area contributed by atoms with Crippen molar-refractivity contribution in [3.05, 3.63) is 34.9 Å². The van der Waals surface area contributed by atoms with Gasteiger partial charge in [0.1, 0.15) is 11.5 Å². The molecule has 1 aliphatic carbocycles. The zero-order chi connectivity index (χ0) is 14.0. The van der Waals surface area contributed by atoms with Crippen LogP contribution >= 0.6 is 0 Å². The van der Waals surface area contributed by atoms with Crippen LogP contribution in [0.4, 0.5) is 0 Å². The average molecular weight is 260 g/mol. The van der Waals surface area contributed by atoms with E-state index >= 15 is 0 Å². The molecule has 0 saturated carbocycles. The van der Waals surface area contributed by atoms with Crippen LogP contribution in [0, 0.1) is 5.92 Å². The number of benzene rings is 1. The van der Waals surface area contributed by atoms with Gasteiger partial charge >= 0.3 is 0 Å². The largest absolute Gasteiger partial charge is 0.507 e. The van der Waals surface area contributed by atoms with Gasteiger partial charge in [-0.2, -0.15) is 0 Å². The van der Waals surface area contributed by atoms with Gasteiger partial charge in [-0.1, -0.05) is 31.9 Å². The third kappa shape index (κ3) is 2.94. The molecule has 1 aromatic carbocycles. The van der Waals surface area contributed by atoms with Gasteiger partial charge in [0, 0.05) is 11.5 Å². The summed E-state index contributed by atoms with van der Waals surface area (Å²) < 4.78 is 0. The van der Waals surface area contributed by atoms with Crippen LogP contribution in [0.5, 0.6) is 11.5 Å². The van der Waals surface area contributed by atoms with E-state index in [9.17, 15) is 10.2 Å². The molecule has 0 amide bonds. The van der Waals surface area contributed by atoms with Gasteiger partial charge < -0.3 is 10.2 Å². The van der Waals surface area contributed by atoms with Crippen LogP contribution < -0.4 is 0 Å². The number of hydrogen-bond donors (Lipinski definition) is 2. The Labute approximate surface area is 115 Å². The molecule has 1 aliphatic rings. The topological polar surface area (TPSA) is 40.5 Å². The normalized spacial score (nSPS) is 23.2. The van der Waals surface area contributed by atoms with Gasteiger partial charge in [0.2, 0.25) is 0 Å². The smallest absolute Gasteiger partial charge is 0.123 e. The highest BCUT2D eigenvalue weighted by Crippen LogP contribution is 2.44. The molecule has 19 heavy (non-hydrogen) atoms. The standard InChI is InChI=1S/C17H24O2/c1-4-5-13-9-15(18)17(16(19)10-13)14-8-11(2)6-7-12(14)3/h8-10,12,14,18-19H,4-7H2,1-3H3/t12-,14-/m1/s1. The highest BCUT2D eigenvalue weighted by molar-refractivity contribution is 5.51. The molecular weight excluding hydrogens is 236 g/mol. The lowest BCUT2D eigenvalue weighted by molar-refractivity contribution is 0.397. The second-order valence-corrected chi connectivity index (χ2v) is 5.85. The molecule has 0 heterocycles. The van der Waals surface area contributed by atoms with Crippen LogP contribution in [0.3, 0.4) is 0 Å². The molecule has 2 rings (SSSR count). The summed E-state index contributed by atoms with van der Waals surface area (Å²) in [5.74, 6) is 1.07. The lowest BCUT2D eigenvalue weighted by Crippen LogP contribution is -2.13. The molecule has 2 atom stereocenters. The molecule has 0 unspecified atom stereocenters. The first-order valence-corrected chi connectivity index (χ1v) is 7.25. The molecule has 1 aromatic rings. The van der Waals surface area contributed by atoms with Crippen molar-refractivity contribution < 1.29 is 10.2 Å². The van der Waals surface area contributed by atoms with Gasteiger partial charge in [-0.25, -0.2) is 0 Å². The Morgan fingerprint density at radius 1 is 1.21 bits per heavy atom. The third-order valence-electron chi connectivity index (χ3n) is 4.14. The third-order valence-corrected chi connectivity index (χ3v) is 4.14. The number of phenolic OH excluding ortho intramolecular Hbond substituents is 2. The molecule has 2 heteroatoms. The number of allylic oxidation sites excluding steroid dienone is 2. The van der Waals surface area contributed by atoms with Gasteiger partial charge in [-0.3, -0.25) is 0 Å². The summed E-state index contributed by atoms with van der Waals surface area (Å²) >= 11 is 0. The maximum atomic E-state index is 10.3. The van der Waals surface area contributed by atoms with E-state index in [0.29, 0.717) is 11.5 Å². The monoisotopic (exact) mass is 260 g/mol. The van der Waals surface area contributed by atoms with Crippen molar-refractivity contribution in [3.8, 4) is 11.5 Å². The quantitative estimate of drug-likeness (QED) is 0.785. The van der Waals surface area contributed by atoms with Crippen molar-refractivity contribution in [3.63, 3.8) is 0 Å². The molecule has 0 aliphatic heterocycles. The van der Waals surface area contributed by atoms with Gasteiger partial charge in [0.25, 0.3) is 0 Å². The van der Waals surface area contributed by atoms with Crippen molar-refractivity contribution >= 4 is 0 Å². The summed E-state index contributed by atoms with van der Waals surface area (Å²) in [6.45, 7) is 6.40. The van der Waals surface area contributed by atoms with Crippen molar-refractivity contribution in [2.45, 2.75) is 52.4 Å². The van der Waals surface area contributed by atoms with Gasteiger partial charge in [0.05, 0.1) is 0 Å². The zero-order valence-electron chi connectivity index (χ0n) is 12.1. The van der Waals surface area contributed by atoms with Crippen molar-refractivity contribution in [1.82, 2.24) is 0 Å². The Balaban J connectivity index is 2.42. The Morgan fingerprint density at radius 3 is 2.42 bits per heavy atom. The predicted octanol–water partition coefficient (Wildman–Crippen LogP) is 4.51. The highest BCUT2D eigenvalue weighted by atomic mass is 16.3. The summed E-state index contributed by atoms with van der Waals surface area (Å²) in [6, 6.07) is 3.62. The molecular formula is C17H24O2. The van der Waals surface area contributed by atoms with Crippen LogP contribution in [0.25, 0.3) is 0 Å². The Hall–Kier alpha value is -1.44. The van der Waals surface area contributed by atoms with Crippen LogP contribution in [0.15, 0.2) is 23.8 Å². The minimum atomic E-state index is 0.129. The molecule has 2 nitrogen and oxygen atoms in total. The number of phenols is 2. The highest BCUT2D eigenvalue weighted by Gasteiger charge is 2.26. The molecule has 0 radical (unpaired) electrons. The molecule has 104 valence electrons. The molecule has 2 N–H and O–H groups in total. The van der Waals surface area contributed by atoms with Crippen molar-refractivity contribution in [2.75, 3.05) is 0 Å². The van der Waals surface area contributed by atoms with Crippen LogP contribution in [0.2, 0.25) is 0 Å². The van der Waals surface area contributed by atoms with E-state index in [-0.39, 0.29) is 17.4 Å². The lowest BCUT2D eigenvalue weighted by atomic mass is 9.77. The first-order chi connectivity index (χ1) is 9.02. The minimum absolute atomic E-state index is 0.129. The van der Waals surface area contributed by atoms with E-state index < -0.39 is 0 Å². The van der Waals surface area contributed by atoms with Gasteiger partial charge in [0.15, 0.2) is 0 Å². The maximum absolute atomic E-state index is 10.3. The number of aryl methyl sites for hydroxylation is 1. The fourth-order valence-corrected chi connectivity index (χ4v) is 3.01. The number of aromatic hydroxyl groups is 2. The minimum Gasteiger partial charge on any atom is -0.507 e. The fourth-order valence-electron chi connectivity index (χ4n) is 3.01. The summed E-state index contributed by atoms with van der Waals surface area (Å²) in [6.07, 6.45) is 6.33. The average Bonchev–Trinajstić information content (AvgIpc) is 2.33. The molecule has 0 aromatic heterocycles. The van der Waals surface area contributed by atoms with Crippen LogP contribution in [-0.4, -0.2) is 10.2 Å². The van der Waals surface area contributed by atoms with Crippen molar-refractivity contribution in [2.24, 2.45) is 5.92 Å². The second kappa shape index (κ2) is 5.68. The Bertz CT molecular complexity index is 465. The predicted molar refractivity (Wildman–Crippen MR) is 78.7 cm³/mol. The SMILES string of the molecule is CCCc1cc(O)c([C@@H]2C=C(C)CC[C@H]2C)c(O)c1. The van der Waals surface area contributed by atoms with Gasteiger partial charge in [-0.15, -0.1) is 0 Å². The van der Waals surface area contributed by atoms with E-state index in [1.165, 1.54) is 5.57 Å². The van der Waals surface area contributed by atoms with Crippen LogP contribution in [0.1, 0.15) is 57.1 Å². The lowest BCUT2D eigenvalue weighted by Gasteiger charge is -2.28. The summed E-state index contributed by atoms with van der Waals surface area (Å²) in [5.41, 5.74) is 3.05. The Kier molecular flexibility index (Phi) is 4.18. The maximum Gasteiger partial charge on any atom is 0.123 e. The van der Waals surface area contributed by atoms with E-state index in [1.807, 2.05) is 12.1 Å². The molecule has 0 bridgehead atoms. The molecule has 0 saturated heterocycles. The van der Waals surface area contributed by atoms with Gasteiger partial charge in [-0.05, 0) is 49.8 Å². The van der Waals surface area contributed by atoms with E-state index in [1.54, 1.807) is 0 Å². The fraction of sp³-hybridized carbons (Fsp3) is 0.529. The van der Waals surface area contributed by atoms with E-state index in [4.69, 9.17) is 0 Å². The summed E-state index contributed by atoms with van der Waals surface area (Å²) in [5, 5.41) is 20.5. The van der Waals surface area contributed by atoms with Crippen molar-refractivity contribution in [1.29, 1.82) is 0 Å². The second-order valence-electron chi connectivity index (χ2n) is 5.85. The first kappa shape index (κ1) is 14.0. The summed E-state index contributed by atoms with van der Waals surface area (Å²) in [7, 11) is 0. The number of rotatable bonds is 3. The molecule has 0 spiro atoms. The first-order valence-electron chi connectivity index (χ1n) is 7.25. The zero-order valence-corrected chi connectivity index (χ0v) is 12.1. The van der Waals surface area contributed by atoms with E-state index in [2.05, 4.69) is 26.8 Å². The van der Waals surface area contributed by atoms with Crippen LogP contribution in [-0.2, 0) is 6.42 Å². The Morgan fingerprint density at radius 2 is 1.84 bits per heavy atom.